The van der Waals surface area contributed by atoms with E-state index in [1.54, 1.807) is 0 Å². The van der Waals surface area contributed by atoms with Gasteiger partial charge in [-0.3, -0.25) is 20.2 Å². The first kappa shape index (κ1) is 21.3. The molecule has 0 saturated heterocycles. The first-order chi connectivity index (χ1) is 13.2. The molecule has 1 heterocycles. The van der Waals surface area contributed by atoms with Gasteiger partial charge >= 0.3 is 12.0 Å². The van der Waals surface area contributed by atoms with Gasteiger partial charge in [0.1, 0.15) is 0 Å². The molecule has 3 amide bonds. The molecule has 0 radical (unpaired) electrons. The first-order valence-corrected chi connectivity index (χ1v) is 9.53. The summed E-state index contributed by atoms with van der Waals surface area (Å²) in [7, 11) is 1.32. The molecule has 2 rings (SSSR count). The van der Waals surface area contributed by atoms with E-state index in [9.17, 15) is 24.5 Å². The highest BCUT2D eigenvalue weighted by Gasteiger charge is 2.24. The molecule has 0 bridgehead atoms. The number of aryl methyl sites for hydroxylation is 1. The van der Waals surface area contributed by atoms with Gasteiger partial charge in [-0.15, -0.1) is 11.3 Å². The minimum Gasteiger partial charge on any atom is -0.449 e. The summed E-state index contributed by atoms with van der Waals surface area (Å²) in [5.41, 5.74) is 0.431. The smallest absolute Gasteiger partial charge is 0.339 e. The third-order valence-electron chi connectivity index (χ3n) is 3.30. The summed E-state index contributed by atoms with van der Waals surface area (Å²) >= 11 is 2.47. The SMILES string of the molecule is CNC(=O)NC(=O)C(C)OC(=O)c1ccc(Sc2nc(C)cs2)c([N+](=O)[O-])c1. The van der Waals surface area contributed by atoms with Gasteiger partial charge in [0.25, 0.3) is 11.6 Å². The minimum atomic E-state index is -1.27. The number of hydrogen-bond acceptors (Lipinski definition) is 9. The number of esters is 1. The molecule has 12 heteroatoms. The van der Waals surface area contributed by atoms with Crippen LogP contribution in [0.1, 0.15) is 23.0 Å². The molecule has 148 valence electrons. The average Bonchev–Trinajstić information content (AvgIpc) is 3.06. The average molecular weight is 424 g/mol. The Morgan fingerprint density at radius 1 is 1.36 bits per heavy atom. The van der Waals surface area contributed by atoms with Crippen molar-refractivity contribution in [2.45, 2.75) is 29.2 Å². The van der Waals surface area contributed by atoms with E-state index in [1.807, 2.05) is 17.6 Å². The number of hydrogen-bond donors (Lipinski definition) is 2. The number of thiazole rings is 1. The van der Waals surface area contributed by atoms with Crippen LogP contribution in [-0.2, 0) is 9.53 Å². The molecule has 1 unspecified atom stereocenters. The maximum absolute atomic E-state index is 12.2. The van der Waals surface area contributed by atoms with Crippen LogP contribution in [0.3, 0.4) is 0 Å². The molecular weight excluding hydrogens is 408 g/mol. The third-order valence-corrected chi connectivity index (χ3v) is 5.42. The molecule has 0 saturated carbocycles. The summed E-state index contributed by atoms with van der Waals surface area (Å²) in [4.78, 5) is 50.4. The molecule has 1 aromatic carbocycles. The quantitative estimate of drug-likeness (QED) is 0.409. The molecule has 2 N–H and O–H groups in total. The zero-order valence-electron chi connectivity index (χ0n) is 15.0. The van der Waals surface area contributed by atoms with E-state index in [2.05, 4.69) is 10.3 Å². The number of benzene rings is 1. The Hall–Kier alpha value is -2.99. The van der Waals surface area contributed by atoms with E-state index in [1.165, 1.54) is 37.4 Å². The highest BCUT2D eigenvalue weighted by molar-refractivity contribution is 8.01. The fraction of sp³-hybridized carbons (Fsp3) is 0.250. The predicted molar refractivity (Wildman–Crippen MR) is 102 cm³/mol. The van der Waals surface area contributed by atoms with Crippen LogP contribution < -0.4 is 10.6 Å². The number of urea groups is 1. The zero-order chi connectivity index (χ0) is 20.8. The van der Waals surface area contributed by atoms with E-state index in [4.69, 9.17) is 4.74 Å². The molecule has 0 fully saturated rings. The Morgan fingerprint density at radius 2 is 2.07 bits per heavy atom. The molecule has 2 aromatic rings. The molecular formula is C16H16N4O6S2. The van der Waals surface area contributed by atoms with Gasteiger partial charge in [0, 0.05) is 24.2 Å². The zero-order valence-corrected chi connectivity index (χ0v) is 16.7. The molecule has 0 aliphatic rings. The molecule has 28 heavy (non-hydrogen) atoms. The molecule has 0 aliphatic heterocycles. The Morgan fingerprint density at radius 3 is 2.64 bits per heavy atom. The topological polar surface area (TPSA) is 141 Å². The van der Waals surface area contributed by atoms with E-state index in [-0.39, 0.29) is 11.3 Å². The lowest BCUT2D eigenvalue weighted by atomic mass is 10.2. The molecule has 10 nitrogen and oxygen atoms in total. The number of carbonyl (C=O) groups excluding carboxylic acids is 3. The maximum atomic E-state index is 12.2. The number of imide groups is 1. The lowest BCUT2D eigenvalue weighted by molar-refractivity contribution is -0.387. The number of rotatable bonds is 6. The molecule has 0 aliphatic carbocycles. The number of nitrogens with zero attached hydrogens (tertiary/aromatic N) is 2. The monoisotopic (exact) mass is 424 g/mol. The summed E-state index contributed by atoms with van der Waals surface area (Å²) in [5, 5.41) is 17.4. The van der Waals surface area contributed by atoms with Crippen LogP contribution in [0.2, 0.25) is 0 Å². The van der Waals surface area contributed by atoms with Crippen LogP contribution in [0.4, 0.5) is 10.5 Å². The fourth-order valence-electron chi connectivity index (χ4n) is 1.90. The van der Waals surface area contributed by atoms with Gasteiger partial charge in [0.05, 0.1) is 15.4 Å². The summed E-state index contributed by atoms with van der Waals surface area (Å²) in [6.07, 6.45) is -1.27. The Kier molecular flexibility index (Phi) is 7.06. The van der Waals surface area contributed by atoms with Crippen molar-refractivity contribution in [1.29, 1.82) is 0 Å². The number of carbonyl (C=O) groups is 3. The van der Waals surface area contributed by atoms with Crippen LogP contribution in [0.25, 0.3) is 0 Å². The number of amides is 3. The number of nitro groups is 1. The summed E-state index contributed by atoms with van der Waals surface area (Å²) in [6, 6.07) is 3.11. The molecule has 1 atom stereocenters. The summed E-state index contributed by atoms with van der Waals surface area (Å²) < 4.78 is 5.60. The second kappa shape index (κ2) is 9.28. The highest BCUT2D eigenvalue weighted by Crippen LogP contribution is 2.36. The van der Waals surface area contributed by atoms with Crippen molar-refractivity contribution in [1.82, 2.24) is 15.6 Å². The second-order valence-corrected chi connectivity index (χ2v) is 7.56. The Labute approximate surface area is 167 Å². The van der Waals surface area contributed by atoms with E-state index in [0.717, 1.165) is 23.5 Å². The predicted octanol–water partition coefficient (Wildman–Crippen LogP) is 2.51. The normalized spacial score (nSPS) is 11.4. The Balaban J connectivity index is 2.15. The van der Waals surface area contributed by atoms with Crippen LogP contribution in [0.5, 0.6) is 0 Å². The van der Waals surface area contributed by atoms with Crippen LogP contribution in [0, 0.1) is 17.0 Å². The fourth-order valence-corrected chi connectivity index (χ4v) is 3.78. The second-order valence-electron chi connectivity index (χ2n) is 5.41. The standard InChI is InChI=1S/C16H16N4O6S2/c1-8-7-27-16(18-8)28-12-5-4-10(6-11(12)20(24)25)14(22)26-9(2)13(21)19-15(23)17-3/h4-7,9H,1-3H3,(H2,17,19,21,23). The number of ether oxygens (including phenoxy) is 1. The van der Waals surface area contributed by atoms with Crippen molar-refractivity contribution in [3.8, 4) is 0 Å². The van der Waals surface area contributed by atoms with Crippen molar-refractivity contribution in [2.24, 2.45) is 0 Å². The first-order valence-electron chi connectivity index (χ1n) is 7.83. The highest BCUT2D eigenvalue weighted by atomic mass is 32.2. The van der Waals surface area contributed by atoms with Crippen molar-refractivity contribution in [3.05, 3.63) is 45.0 Å². The maximum Gasteiger partial charge on any atom is 0.339 e. The Bertz CT molecular complexity index is 930. The number of nitrogens with one attached hydrogen (secondary N) is 2. The van der Waals surface area contributed by atoms with E-state index >= 15 is 0 Å². The third kappa shape index (κ3) is 5.50. The summed E-state index contributed by atoms with van der Waals surface area (Å²) in [5.74, 6) is -1.75. The lowest BCUT2D eigenvalue weighted by Crippen LogP contribution is -2.43. The number of nitro benzene ring substituents is 1. The van der Waals surface area contributed by atoms with Crippen LogP contribution in [0.15, 0.2) is 32.8 Å². The van der Waals surface area contributed by atoms with Gasteiger partial charge in [0.15, 0.2) is 10.4 Å². The van der Waals surface area contributed by atoms with Gasteiger partial charge in [-0.05, 0) is 26.0 Å². The van der Waals surface area contributed by atoms with Gasteiger partial charge < -0.3 is 10.1 Å². The van der Waals surface area contributed by atoms with Gasteiger partial charge in [-0.2, -0.15) is 0 Å². The van der Waals surface area contributed by atoms with Gasteiger partial charge in [-0.1, -0.05) is 11.8 Å². The minimum absolute atomic E-state index is 0.0917. The van der Waals surface area contributed by atoms with Gasteiger partial charge in [0.2, 0.25) is 0 Å². The van der Waals surface area contributed by atoms with Crippen LogP contribution >= 0.6 is 23.1 Å². The largest absolute Gasteiger partial charge is 0.449 e. The van der Waals surface area contributed by atoms with Crippen molar-refractivity contribution in [2.75, 3.05) is 7.05 Å². The molecule has 1 aromatic heterocycles. The van der Waals surface area contributed by atoms with Crippen molar-refractivity contribution < 1.29 is 24.0 Å². The summed E-state index contributed by atoms with van der Waals surface area (Å²) in [6.45, 7) is 3.09. The van der Waals surface area contributed by atoms with Crippen molar-refractivity contribution >= 4 is 46.7 Å². The lowest BCUT2D eigenvalue weighted by Gasteiger charge is -2.13. The molecule has 0 spiro atoms. The van der Waals surface area contributed by atoms with Crippen molar-refractivity contribution in [3.63, 3.8) is 0 Å². The van der Waals surface area contributed by atoms with E-state index in [0.29, 0.717) is 9.24 Å². The van der Waals surface area contributed by atoms with E-state index < -0.39 is 28.9 Å². The van der Waals surface area contributed by atoms with Crippen LogP contribution in [-0.4, -0.2) is 41.0 Å². The number of aromatic nitrogens is 1. The van der Waals surface area contributed by atoms with Gasteiger partial charge in [-0.25, -0.2) is 14.6 Å².